The van der Waals surface area contributed by atoms with Gasteiger partial charge < -0.3 is 5.32 Å². The molecule has 1 radical (unpaired) electrons. The summed E-state index contributed by atoms with van der Waals surface area (Å²) in [6, 6.07) is 8.52. The van der Waals surface area contributed by atoms with Crippen molar-refractivity contribution in [2.75, 3.05) is 6.54 Å². The molecule has 0 unspecified atom stereocenters. The molecule has 0 saturated carbocycles. The van der Waals surface area contributed by atoms with Crippen LogP contribution in [-0.2, 0) is 6.42 Å². The maximum Gasteiger partial charge on any atom is 0.0190 e. The van der Waals surface area contributed by atoms with Crippen LogP contribution in [0, 0.1) is 13.5 Å². The lowest BCUT2D eigenvalue weighted by Gasteiger charge is -2.04. The Morgan fingerprint density at radius 3 is 2.75 bits per heavy atom. The lowest BCUT2D eigenvalue weighted by molar-refractivity contribution is 0.780. The van der Waals surface area contributed by atoms with E-state index in [2.05, 4.69) is 36.5 Å². The second-order valence-electron chi connectivity index (χ2n) is 2.92. The molecular weight excluding hydrogens is 146 g/mol. The van der Waals surface area contributed by atoms with E-state index in [1.54, 1.807) is 0 Å². The Morgan fingerprint density at radius 1 is 1.33 bits per heavy atom. The van der Waals surface area contributed by atoms with Gasteiger partial charge in [0.15, 0.2) is 0 Å². The minimum absolute atomic E-state index is 1.03. The van der Waals surface area contributed by atoms with E-state index in [0.29, 0.717) is 0 Å². The van der Waals surface area contributed by atoms with Crippen molar-refractivity contribution in [1.29, 1.82) is 0 Å². The summed E-state index contributed by atoms with van der Waals surface area (Å²) in [6.07, 6.45) is 1.11. The zero-order valence-corrected chi connectivity index (χ0v) is 7.80. The molecule has 0 heterocycles. The van der Waals surface area contributed by atoms with Crippen molar-refractivity contribution in [3.8, 4) is 0 Å². The molecule has 0 amide bonds. The van der Waals surface area contributed by atoms with Crippen molar-refractivity contribution in [3.63, 3.8) is 0 Å². The summed E-state index contributed by atoms with van der Waals surface area (Å²) in [5.41, 5.74) is 2.82. The summed E-state index contributed by atoms with van der Waals surface area (Å²) in [7, 11) is 0. The Labute approximate surface area is 74.8 Å². The van der Waals surface area contributed by atoms with Crippen LogP contribution >= 0.6 is 0 Å². The number of nitrogens with one attached hydrogen (secondary N) is 1. The number of hydrogen-bond acceptors (Lipinski definition) is 1. The van der Waals surface area contributed by atoms with Crippen LogP contribution in [0.4, 0.5) is 0 Å². The quantitative estimate of drug-likeness (QED) is 0.670. The summed E-state index contributed by atoms with van der Waals surface area (Å²) in [4.78, 5) is 0. The van der Waals surface area contributed by atoms with E-state index in [1.165, 1.54) is 11.1 Å². The van der Waals surface area contributed by atoms with Gasteiger partial charge in [0, 0.05) is 6.54 Å². The van der Waals surface area contributed by atoms with Gasteiger partial charge in [-0.3, -0.25) is 0 Å². The molecular formula is C11H16N. The first kappa shape index (κ1) is 9.27. The molecule has 65 valence electrons. The van der Waals surface area contributed by atoms with Crippen LogP contribution in [0.1, 0.15) is 18.1 Å². The van der Waals surface area contributed by atoms with E-state index >= 15 is 0 Å². The number of benzene rings is 1. The average Bonchev–Trinajstić information content (AvgIpc) is 2.09. The minimum Gasteiger partial charge on any atom is -0.312 e. The van der Waals surface area contributed by atoms with E-state index in [4.69, 9.17) is 0 Å². The molecule has 0 aliphatic heterocycles. The lowest BCUT2D eigenvalue weighted by atomic mass is 10.1. The van der Waals surface area contributed by atoms with E-state index in [-0.39, 0.29) is 0 Å². The molecule has 1 rings (SSSR count). The summed E-state index contributed by atoms with van der Waals surface area (Å²) in [5, 5.41) is 3.20. The molecule has 12 heavy (non-hydrogen) atoms. The van der Waals surface area contributed by atoms with E-state index in [1.807, 2.05) is 13.5 Å². The van der Waals surface area contributed by atoms with Gasteiger partial charge in [0.1, 0.15) is 0 Å². The van der Waals surface area contributed by atoms with Crippen molar-refractivity contribution in [1.82, 2.24) is 5.32 Å². The minimum atomic E-state index is 1.03. The predicted molar refractivity (Wildman–Crippen MR) is 52.9 cm³/mol. The van der Waals surface area contributed by atoms with Crippen LogP contribution < -0.4 is 5.32 Å². The first-order valence-electron chi connectivity index (χ1n) is 4.40. The molecule has 0 aliphatic carbocycles. The van der Waals surface area contributed by atoms with Gasteiger partial charge in [0.05, 0.1) is 0 Å². The van der Waals surface area contributed by atoms with Gasteiger partial charge in [-0.05, 0) is 37.9 Å². The highest BCUT2D eigenvalue weighted by Crippen LogP contribution is 2.06. The third-order valence-electron chi connectivity index (χ3n) is 2.00. The first-order valence-corrected chi connectivity index (χ1v) is 4.40. The van der Waals surface area contributed by atoms with Crippen LogP contribution in [0.15, 0.2) is 24.3 Å². The fourth-order valence-corrected chi connectivity index (χ4v) is 1.24. The summed E-state index contributed by atoms with van der Waals surface area (Å²) in [5.74, 6) is 0. The van der Waals surface area contributed by atoms with Gasteiger partial charge in [-0.1, -0.05) is 24.3 Å². The molecule has 1 aromatic carbocycles. The van der Waals surface area contributed by atoms with Gasteiger partial charge in [-0.15, -0.1) is 0 Å². The molecule has 0 atom stereocenters. The lowest BCUT2D eigenvalue weighted by Crippen LogP contribution is -2.12. The molecule has 0 spiro atoms. The average molecular weight is 162 g/mol. The van der Waals surface area contributed by atoms with E-state index in [0.717, 1.165) is 13.0 Å². The second-order valence-corrected chi connectivity index (χ2v) is 2.92. The highest BCUT2D eigenvalue weighted by atomic mass is 14.8. The van der Waals surface area contributed by atoms with Crippen LogP contribution in [0.25, 0.3) is 0 Å². The third kappa shape index (κ3) is 2.67. The Morgan fingerprint density at radius 2 is 2.08 bits per heavy atom. The van der Waals surface area contributed by atoms with Crippen molar-refractivity contribution in [2.24, 2.45) is 0 Å². The maximum atomic E-state index is 3.20. The van der Waals surface area contributed by atoms with Gasteiger partial charge in [-0.2, -0.15) is 0 Å². The third-order valence-corrected chi connectivity index (χ3v) is 2.00. The van der Waals surface area contributed by atoms with Crippen molar-refractivity contribution in [3.05, 3.63) is 41.9 Å². The number of rotatable bonds is 4. The SMILES string of the molecule is C[CH]NCCc1ccccc1C. The van der Waals surface area contributed by atoms with Crippen LogP contribution in [-0.4, -0.2) is 6.54 Å². The summed E-state index contributed by atoms with van der Waals surface area (Å²) < 4.78 is 0. The summed E-state index contributed by atoms with van der Waals surface area (Å²) >= 11 is 0. The summed E-state index contributed by atoms with van der Waals surface area (Å²) in [6.45, 7) is 7.18. The van der Waals surface area contributed by atoms with Crippen LogP contribution in [0.3, 0.4) is 0 Å². The smallest absolute Gasteiger partial charge is 0.0190 e. The maximum absolute atomic E-state index is 3.20. The highest BCUT2D eigenvalue weighted by Gasteiger charge is 1.94. The molecule has 0 aromatic heterocycles. The fourth-order valence-electron chi connectivity index (χ4n) is 1.24. The standard InChI is InChI=1S/C11H16N/c1-3-12-9-8-11-7-5-4-6-10(11)2/h3-7,12H,8-9H2,1-2H3. The van der Waals surface area contributed by atoms with E-state index < -0.39 is 0 Å². The normalized spacial score (nSPS) is 10.2. The Bertz CT molecular complexity index is 230. The zero-order chi connectivity index (χ0) is 8.81. The molecule has 1 heteroatoms. The zero-order valence-electron chi connectivity index (χ0n) is 7.80. The monoisotopic (exact) mass is 162 g/mol. The molecule has 0 aliphatic rings. The largest absolute Gasteiger partial charge is 0.312 e. The Kier molecular flexibility index (Phi) is 3.81. The van der Waals surface area contributed by atoms with Gasteiger partial charge in [0.25, 0.3) is 0 Å². The predicted octanol–water partition coefficient (Wildman–Crippen LogP) is 2.31. The van der Waals surface area contributed by atoms with E-state index in [9.17, 15) is 0 Å². The number of hydrogen-bond donors (Lipinski definition) is 1. The van der Waals surface area contributed by atoms with Crippen LogP contribution in [0.5, 0.6) is 0 Å². The molecule has 1 N–H and O–H groups in total. The molecule has 0 fully saturated rings. The second kappa shape index (κ2) is 4.94. The highest BCUT2D eigenvalue weighted by molar-refractivity contribution is 5.25. The first-order chi connectivity index (χ1) is 5.84. The van der Waals surface area contributed by atoms with Crippen molar-refractivity contribution in [2.45, 2.75) is 20.3 Å². The van der Waals surface area contributed by atoms with Crippen molar-refractivity contribution >= 4 is 0 Å². The molecule has 0 bridgehead atoms. The van der Waals surface area contributed by atoms with Crippen LogP contribution in [0.2, 0.25) is 0 Å². The Hall–Kier alpha value is -0.820. The topological polar surface area (TPSA) is 12.0 Å². The van der Waals surface area contributed by atoms with Gasteiger partial charge in [0.2, 0.25) is 0 Å². The Balaban J connectivity index is 2.46. The van der Waals surface area contributed by atoms with Gasteiger partial charge >= 0.3 is 0 Å². The molecule has 1 nitrogen and oxygen atoms in total. The molecule has 1 aromatic rings. The molecule has 0 saturated heterocycles. The van der Waals surface area contributed by atoms with Crippen molar-refractivity contribution < 1.29 is 0 Å². The fraction of sp³-hybridized carbons (Fsp3) is 0.364. The number of aryl methyl sites for hydroxylation is 1. The van der Waals surface area contributed by atoms with Gasteiger partial charge in [-0.25, -0.2) is 0 Å².